The van der Waals surface area contributed by atoms with E-state index < -0.39 is 11.7 Å². The molecule has 1 heterocycles. The molecule has 234 valence electrons. The third-order valence-corrected chi connectivity index (χ3v) is 18.5. The lowest BCUT2D eigenvalue weighted by atomic mass is 9.41. The fourth-order valence-corrected chi connectivity index (χ4v) is 17.5. The highest BCUT2D eigenvalue weighted by atomic mass is 33.1. The maximum absolute atomic E-state index is 12.8. The van der Waals surface area contributed by atoms with Gasteiger partial charge in [-0.25, -0.2) is 0 Å². The highest BCUT2D eigenvalue weighted by molar-refractivity contribution is 8.77. The average Bonchev–Trinajstić information content (AvgIpc) is 3.56. The molecule has 6 fully saturated rings. The van der Waals surface area contributed by atoms with Gasteiger partial charge in [-0.2, -0.15) is 0 Å². The third kappa shape index (κ3) is 3.30. The molecule has 43 heavy (non-hydrogen) atoms. The molecule has 1 aromatic rings. The van der Waals surface area contributed by atoms with Crippen LogP contribution in [0.4, 0.5) is 5.69 Å². The van der Waals surface area contributed by atoms with Gasteiger partial charge < -0.3 is 25.4 Å². The molecule has 0 saturated heterocycles. The fraction of sp³-hybridized carbons (Fsp3) is 0.778. The third-order valence-electron chi connectivity index (χ3n) is 15.6. The van der Waals surface area contributed by atoms with E-state index in [2.05, 4.69) is 54.2 Å². The molecule has 7 heteroatoms. The predicted octanol–water partition coefficient (Wildman–Crippen LogP) is 6.85. The van der Waals surface area contributed by atoms with Crippen LogP contribution in [0, 0.1) is 57.7 Å². The van der Waals surface area contributed by atoms with Gasteiger partial charge in [-0.3, -0.25) is 0 Å². The van der Waals surface area contributed by atoms with Gasteiger partial charge in [-0.15, -0.1) is 0 Å². The number of aliphatic hydroxyl groups excluding tert-OH is 2. The first-order chi connectivity index (χ1) is 20.7. The van der Waals surface area contributed by atoms with Gasteiger partial charge >= 0.3 is 0 Å². The van der Waals surface area contributed by atoms with Crippen LogP contribution in [-0.4, -0.2) is 57.3 Å². The Balaban J connectivity index is 1.14. The minimum absolute atomic E-state index is 0.0363. The Morgan fingerprint density at radius 1 is 1.02 bits per heavy atom. The topological polar surface area (TPSA) is 82.0 Å². The number of anilines is 1. The van der Waals surface area contributed by atoms with Crippen molar-refractivity contribution < 1.29 is 20.1 Å². The van der Waals surface area contributed by atoms with Gasteiger partial charge in [0.2, 0.25) is 0 Å². The minimum Gasteiger partial charge on any atom is -0.512 e. The molecule has 0 unspecified atom stereocenters. The van der Waals surface area contributed by atoms with Crippen molar-refractivity contribution in [2.24, 2.45) is 57.7 Å². The van der Waals surface area contributed by atoms with Crippen molar-refractivity contribution in [3.8, 4) is 0 Å². The van der Waals surface area contributed by atoms with Gasteiger partial charge in [0.1, 0.15) is 11.7 Å². The monoisotopic (exact) mass is 623 g/mol. The minimum atomic E-state index is -1.04. The maximum atomic E-state index is 12.8. The summed E-state index contributed by atoms with van der Waals surface area (Å²) in [7, 11) is 5.84. The van der Waals surface area contributed by atoms with E-state index in [0.29, 0.717) is 46.5 Å². The zero-order valence-electron chi connectivity index (χ0n) is 25.9. The molecule has 0 amide bonds. The van der Waals surface area contributed by atoms with Crippen LogP contribution in [0.2, 0.25) is 0 Å². The Hall–Kier alpha value is -0.860. The lowest BCUT2D eigenvalue weighted by molar-refractivity contribution is -0.188. The van der Waals surface area contributed by atoms with E-state index >= 15 is 0 Å². The second-order valence-corrected chi connectivity index (χ2v) is 19.1. The first-order valence-corrected chi connectivity index (χ1v) is 19.5. The highest BCUT2D eigenvalue weighted by Crippen LogP contribution is 2.89. The van der Waals surface area contributed by atoms with Gasteiger partial charge in [0, 0.05) is 29.2 Å². The first-order valence-electron chi connectivity index (χ1n) is 17.1. The Bertz CT molecular complexity index is 1360. The normalized spacial score (nSPS) is 56.0. The molecule has 8 bridgehead atoms. The van der Waals surface area contributed by atoms with Crippen LogP contribution in [0.15, 0.2) is 36.1 Å². The number of nitrogens with one attached hydrogen (secondary N) is 1. The summed E-state index contributed by atoms with van der Waals surface area (Å²) >= 11 is 0. The number of ether oxygens (including phenoxy) is 1. The Morgan fingerprint density at radius 3 is 2.70 bits per heavy atom. The molecule has 1 aliphatic heterocycles. The number of benzene rings is 1. The van der Waals surface area contributed by atoms with Crippen molar-refractivity contribution in [2.75, 3.05) is 18.2 Å². The summed E-state index contributed by atoms with van der Waals surface area (Å²) in [5.74, 6) is 4.91. The zero-order valence-corrected chi connectivity index (χ0v) is 27.5. The van der Waals surface area contributed by atoms with Crippen molar-refractivity contribution in [3.05, 3.63) is 41.7 Å². The largest absolute Gasteiger partial charge is 0.512 e. The Kier molecular flexibility index (Phi) is 6.18. The van der Waals surface area contributed by atoms with Crippen molar-refractivity contribution in [1.82, 2.24) is 0 Å². The van der Waals surface area contributed by atoms with Crippen LogP contribution in [0.25, 0.3) is 0 Å². The lowest BCUT2D eigenvalue weighted by Crippen LogP contribution is -2.60. The fourth-order valence-electron chi connectivity index (χ4n) is 14.0. The summed E-state index contributed by atoms with van der Waals surface area (Å²) in [5.41, 5.74) is 1.39. The number of rotatable bonds is 1. The number of hydrogen-bond acceptors (Lipinski definition) is 7. The smallest absolute Gasteiger partial charge is 0.110 e. The number of hydrogen-bond donors (Lipinski definition) is 4. The summed E-state index contributed by atoms with van der Waals surface area (Å²) in [5, 5.41) is 39.4. The Labute approximate surface area is 264 Å². The van der Waals surface area contributed by atoms with Crippen molar-refractivity contribution in [1.29, 1.82) is 0 Å². The van der Waals surface area contributed by atoms with E-state index in [0.717, 1.165) is 37.8 Å². The van der Waals surface area contributed by atoms with E-state index in [1.807, 2.05) is 16.9 Å². The maximum Gasteiger partial charge on any atom is 0.110 e. The predicted molar refractivity (Wildman–Crippen MR) is 174 cm³/mol. The molecule has 0 radical (unpaired) electrons. The summed E-state index contributed by atoms with van der Waals surface area (Å²) in [6.07, 6.45) is 11.6. The highest BCUT2D eigenvalue weighted by Gasteiger charge is 2.88. The molecule has 6 saturated carbocycles. The molecule has 8 aliphatic rings. The summed E-state index contributed by atoms with van der Waals surface area (Å²) in [6, 6.07) is 9.19. The molecule has 5 nitrogen and oxygen atoms in total. The van der Waals surface area contributed by atoms with Crippen LogP contribution in [0.5, 0.6) is 0 Å². The number of methoxy groups -OCH3 is 1. The molecule has 1 aromatic carbocycles. The molecular weight excluding hydrogens is 575 g/mol. The van der Waals surface area contributed by atoms with Crippen LogP contribution in [0.1, 0.15) is 70.8 Å². The summed E-state index contributed by atoms with van der Waals surface area (Å²) in [4.78, 5) is 0. The molecule has 7 aliphatic carbocycles. The van der Waals surface area contributed by atoms with Crippen LogP contribution in [-0.2, 0) is 11.2 Å². The van der Waals surface area contributed by atoms with E-state index in [1.165, 1.54) is 37.0 Å². The standard InChI is InChI=1S/C36H49NO4S2/c1-33-17-23-20-10-11-25-24-18-42-43-28-9-5-8-26(38)32(28)37-22-7-4-6-19(13-22)12-21(24)16-35(25,15-20)34(33,2)30(23)31-27(39)14-29(41-3)36(31,33)40/h4,6-7,13-14,20-21,23-26,28-32,37-40H,5,8-12,15-18H2,1-3H3/t20-,21-,23+,24+,25+,26+,28-,29-,30-,31-,32-,33-,34-,35+,36+/m0/s1. The molecular formula is C36H49NO4S2. The van der Waals surface area contributed by atoms with Crippen LogP contribution in [0.3, 0.4) is 0 Å². The van der Waals surface area contributed by atoms with Crippen molar-refractivity contribution in [2.45, 2.75) is 101 Å². The van der Waals surface area contributed by atoms with Crippen LogP contribution >= 0.6 is 21.6 Å². The molecule has 0 aromatic heterocycles. The SMILES string of the molecule is CO[C@H]1C=C(O)[C@H]2[C@@H]3[C@@H]4C[C@](C)([C@@]12O)[C@@]3(C)[C@@]12C[C@@H]4CC[C@@H]1[C@@H]1CSS[C@H]3CCC[C@@H](O)[C@@H]3Nc3cccc(c3)C[C@H]1C2. The van der Waals surface area contributed by atoms with Crippen LogP contribution < -0.4 is 5.32 Å². The van der Waals surface area contributed by atoms with Crippen molar-refractivity contribution in [3.63, 3.8) is 0 Å². The van der Waals surface area contributed by atoms with Crippen molar-refractivity contribution >= 4 is 27.3 Å². The number of aliphatic hydroxyl groups is 3. The van der Waals surface area contributed by atoms with E-state index in [1.54, 1.807) is 7.11 Å². The second kappa shape index (κ2) is 9.36. The molecule has 4 N–H and O–H groups in total. The average molecular weight is 624 g/mol. The first kappa shape index (κ1) is 28.4. The van der Waals surface area contributed by atoms with E-state index in [9.17, 15) is 15.3 Å². The van der Waals surface area contributed by atoms with Gasteiger partial charge in [0.15, 0.2) is 0 Å². The lowest BCUT2D eigenvalue weighted by Gasteiger charge is -2.63. The van der Waals surface area contributed by atoms with Gasteiger partial charge in [-0.05, 0) is 128 Å². The van der Waals surface area contributed by atoms with Gasteiger partial charge in [0.25, 0.3) is 0 Å². The molecule has 9 rings (SSSR count). The Morgan fingerprint density at radius 2 is 1.86 bits per heavy atom. The molecule has 15 atom stereocenters. The van der Waals surface area contributed by atoms with Gasteiger partial charge in [0.05, 0.1) is 23.8 Å². The second-order valence-electron chi connectivity index (χ2n) is 16.4. The summed E-state index contributed by atoms with van der Waals surface area (Å²) in [6.45, 7) is 4.99. The van der Waals surface area contributed by atoms with Gasteiger partial charge in [-0.1, -0.05) is 47.6 Å². The summed E-state index contributed by atoms with van der Waals surface area (Å²) < 4.78 is 5.97. The zero-order chi connectivity index (χ0) is 29.5. The number of fused-ring (bicyclic) bond motifs is 9. The van der Waals surface area contributed by atoms with E-state index in [4.69, 9.17) is 4.74 Å². The molecule has 1 spiro atoms. The quantitative estimate of drug-likeness (QED) is 0.255. The van der Waals surface area contributed by atoms with E-state index in [-0.39, 0.29) is 34.3 Å².